The van der Waals surface area contributed by atoms with E-state index in [-0.39, 0.29) is 46.2 Å². The molecule has 6 saturated heterocycles. The van der Waals surface area contributed by atoms with Gasteiger partial charge in [-0.2, -0.15) is 0 Å². The first-order valence-electron chi connectivity index (χ1n) is 36.6. The molecule has 648 valence electrons. The molecular weight excluding hydrogens is 1600 g/mol. The third-order valence-electron chi connectivity index (χ3n) is 18.3. The smallest absolute Gasteiger partial charge is 0.305 e. The molecule has 41 heteroatoms. The molecule has 114 heavy (non-hydrogen) atoms. The van der Waals surface area contributed by atoms with E-state index in [9.17, 15) is 77.3 Å². The number of aliphatic hydroxyl groups is 2. The van der Waals surface area contributed by atoms with Crippen molar-refractivity contribution in [2.75, 3.05) is 46.2 Å². The lowest BCUT2D eigenvalue weighted by atomic mass is 9.88. The molecular formula is C73H109BrO40. The average Bonchev–Trinajstić information content (AvgIpc) is 0.778. The van der Waals surface area contributed by atoms with Crippen molar-refractivity contribution in [2.24, 2.45) is 35.5 Å². The summed E-state index contributed by atoms with van der Waals surface area (Å²) in [5, 5.41) is 20.7. The second kappa shape index (κ2) is 46.9. The minimum atomic E-state index is -1.35. The van der Waals surface area contributed by atoms with Crippen LogP contribution in [0.25, 0.3) is 0 Å². The molecule has 9 unspecified atom stereocenters. The highest BCUT2D eigenvalue weighted by molar-refractivity contribution is 9.09. The van der Waals surface area contributed by atoms with Gasteiger partial charge in [0.15, 0.2) is 55.7 Å². The molecule has 0 aromatic carbocycles. The first kappa shape index (κ1) is 98.7. The molecule has 6 rings (SSSR count). The van der Waals surface area contributed by atoms with Crippen LogP contribution < -0.4 is 0 Å². The van der Waals surface area contributed by atoms with Gasteiger partial charge in [0.05, 0.1) is 37.1 Å². The zero-order valence-electron chi connectivity index (χ0n) is 67.3. The van der Waals surface area contributed by atoms with E-state index in [4.69, 9.17) is 114 Å². The van der Waals surface area contributed by atoms with Gasteiger partial charge in [0.1, 0.15) is 93.5 Å². The highest BCUT2D eigenvalue weighted by atomic mass is 79.9. The van der Waals surface area contributed by atoms with Gasteiger partial charge >= 0.3 is 83.6 Å². The highest BCUT2D eigenvalue weighted by Gasteiger charge is 2.57. The summed E-state index contributed by atoms with van der Waals surface area (Å²) in [5.41, 5.74) is 0. The summed E-state index contributed by atoms with van der Waals surface area (Å²) in [6.45, 7) is 29.0. The van der Waals surface area contributed by atoms with Crippen LogP contribution in [0.15, 0.2) is 12.7 Å². The number of carbonyl (C=O) groups is 14. The monoisotopic (exact) mass is 1700 g/mol. The summed E-state index contributed by atoms with van der Waals surface area (Å²) in [4.78, 5) is 164. The van der Waals surface area contributed by atoms with Gasteiger partial charge in [-0.1, -0.05) is 63.5 Å². The first-order chi connectivity index (χ1) is 53.3. The van der Waals surface area contributed by atoms with Gasteiger partial charge in [-0.25, -0.2) is 0 Å². The van der Waals surface area contributed by atoms with Crippen LogP contribution in [0.4, 0.5) is 0 Å². The van der Waals surface area contributed by atoms with E-state index in [0.717, 1.165) is 13.8 Å². The Labute approximate surface area is 667 Å². The summed E-state index contributed by atoms with van der Waals surface area (Å²) in [6.07, 6.45) is -22.6. The zero-order valence-corrected chi connectivity index (χ0v) is 68.9. The number of halogens is 1. The highest BCUT2D eigenvalue weighted by Crippen LogP contribution is 2.42. The second-order valence-corrected chi connectivity index (χ2v) is 28.6. The van der Waals surface area contributed by atoms with Crippen molar-refractivity contribution >= 4 is 99.5 Å². The molecule has 0 spiro atoms. The molecule has 0 aliphatic carbocycles. The van der Waals surface area contributed by atoms with E-state index >= 15 is 0 Å². The molecule has 0 saturated carbocycles. The van der Waals surface area contributed by atoms with Crippen molar-refractivity contribution < 1.29 is 191 Å². The van der Waals surface area contributed by atoms with Gasteiger partial charge in [0.2, 0.25) is 6.29 Å². The lowest BCUT2D eigenvalue weighted by Gasteiger charge is -2.48. The number of rotatable bonds is 29. The van der Waals surface area contributed by atoms with Crippen LogP contribution >= 0.6 is 15.9 Å². The lowest BCUT2D eigenvalue weighted by Crippen LogP contribution is -2.62. The minimum Gasteiger partial charge on any atom is -0.463 e. The SMILES string of the molecule is C=CCO[C@@H]1O[C@@H](COC(C)=O)[C@@H](OC2OC(COC(C)=O)[C@@H](O)[C@H](C)[C@@H]2OC(C)=O)[C@H](C)C1OC(C)=O.CC(=O)OCC1OC(O[C@@H]2[C@H](COC(C)=O)O[C@@H](Br)C(OC(C)=O)[C@H]2C)[C@@H](OC(C)=O)[C@@H](C)[C@@H]1O.CC(=O)OCC1OC(O[C@@H]2[C@H](COC(C)=O)O[C@@H](OC(C)=O)C(OC(C)=O)[C@H]2C)[C@@H](OC(C)=O)[C@@H](C)[C@@H]1OC(C)=O. The maximum atomic E-state index is 12.0. The van der Waals surface area contributed by atoms with Crippen LogP contribution in [0.1, 0.15) is 138 Å². The summed E-state index contributed by atoms with van der Waals surface area (Å²) in [7, 11) is 0. The Bertz CT molecular complexity index is 3250. The van der Waals surface area contributed by atoms with E-state index in [1.54, 1.807) is 41.5 Å². The predicted molar refractivity (Wildman–Crippen MR) is 379 cm³/mol. The normalized spacial score (nSPS) is 35.0. The van der Waals surface area contributed by atoms with Gasteiger partial charge in [-0.05, 0) is 0 Å². The summed E-state index contributed by atoms with van der Waals surface area (Å²) < 4.78 is 134. The Hall–Kier alpha value is -7.68. The fourth-order valence-corrected chi connectivity index (χ4v) is 14.0. The Morgan fingerprint density at radius 2 is 0.500 bits per heavy atom. The number of carbonyl (C=O) groups excluding carboxylic acids is 14. The van der Waals surface area contributed by atoms with Crippen LogP contribution in [0, 0.1) is 35.5 Å². The maximum Gasteiger partial charge on any atom is 0.305 e. The number of esters is 14. The molecule has 0 bridgehead atoms. The number of aliphatic hydroxyl groups excluding tert-OH is 2. The van der Waals surface area contributed by atoms with Crippen LogP contribution in [-0.2, 0) is 181 Å². The van der Waals surface area contributed by atoms with Crippen molar-refractivity contribution in [1.29, 1.82) is 0 Å². The van der Waals surface area contributed by atoms with Gasteiger partial charge in [0, 0.05) is 132 Å². The molecule has 0 aromatic heterocycles. The maximum absolute atomic E-state index is 12.0. The first-order valence-corrected chi connectivity index (χ1v) is 37.5. The van der Waals surface area contributed by atoms with Crippen LogP contribution in [0.3, 0.4) is 0 Å². The third kappa shape index (κ3) is 30.7. The van der Waals surface area contributed by atoms with Gasteiger partial charge in [-0.3, -0.25) is 67.1 Å². The molecule has 0 amide bonds. The number of ether oxygens (including phenoxy) is 24. The topological polar surface area (TPSA) is 501 Å². The number of hydrogen-bond donors (Lipinski definition) is 2. The van der Waals surface area contributed by atoms with Gasteiger partial charge < -0.3 is 124 Å². The molecule has 6 heterocycles. The van der Waals surface area contributed by atoms with E-state index in [0.29, 0.717) is 0 Å². The lowest BCUT2D eigenvalue weighted by molar-refractivity contribution is -0.347. The average molecular weight is 1710 g/mol. The summed E-state index contributed by atoms with van der Waals surface area (Å²) >= 11 is 3.35. The van der Waals surface area contributed by atoms with E-state index in [1.807, 2.05) is 0 Å². The molecule has 6 fully saturated rings. The van der Waals surface area contributed by atoms with Crippen molar-refractivity contribution in [2.45, 2.75) is 285 Å². The molecule has 40 nitrogen and oxygen atoms in total. The summed E-state index contributed by atoms with van der Waals surface area (Å²) in [6, 6.07) is 0. The quantitative estimate of drug-likeness (QED) is 0.0468. The molecule has 6 aliphatic heterocycles. The molecule has 6 aliphatic rings. The third-order valence-corrected chi connectivity index (χ3v) is 19.0. The predicted octanol–water partition coefficient (Wildman–Crippen LogP) is 2.06. The van der Waals surface area contributed by atoms with Gasteiger partial charge in [0.25, 0.3) is 0 Å². The van der Waals surface area contributed by atoms with Crippen molar-refractivity contribution in [3.05, 3.63) is 12.7 Å². The van der Waals surface area contributed by atoms with E-state index < -0.39 is 265 Å². The van der Waals surface area contributed by atoms with Crippen LogP contribution in [0.2, 0.25) is 0 Å². The Morgan fingerprint density at radius 1 is 0.281 bits per heavy atom. The number of hydrogen-bond acceptors (Lipinski definition) is 40. The second-order valence-electron chi connectivity index (χ2n) is 27.7. The fourth-order valence-electron chi connectivity index (χ4n) is 13.1. The van der Waals surface area contributed by atoms with Crippen molar-refractivity contribution in [1.82, 2.24) is 0 Å². The van der Waals surface area contributed by atoms with Crippen molar-refractivity contribution in [3.63, 3.8) is 0 Å². The van der Waals surface area contributed by atoms with Crippen molar-refractivity contribution in [3.8, 4) is 0 Å². The van der Waals surface area contributed by atoms with E-state index in [2.05, 4.69) is 22.5 Å². The summed E-state index contributed by atoms with van der Waals surface area (Å²) in [5.74, 6) is -12.5. The van der Waals surface area contributed by atoms with Crippen LogP contribution in [0.5, 0.6) is 0 Å². The Balaban J connectivity index is 0.000000361. The van der Waals surface area contributed by atoms with Crippen LogP contribution in [-0.4, -0.2) is 286 Å². The van der Waals surface area contributed by atoms with E-state index in [1.165, 1.54) is 89.2 Å². The molecule has 2 N–H and O–H groups in total. The number of alkyl halides is 1. The standard InChI is InChI=1S/C26H38O15.C25H38O13.C22H33BrO12/c1-11-21(35-15(5)29)19(9-33-13(3)27)40-26(24(11)37-17(7)31)41-22-12(2)23(36-16(6)30)25(38-18(8)32)39-20(22)10-34-14(4)28;1-8-9-31-24-23(35-17(7)29)13(3)21(19(37-24)11-33-15(5)27)38-25-22(34-16(6)28)12(2)20(30)18(36-25)10-32-14(4)26;1-9-17(28)15(7-29-11(3)24)34-22(20(9)32-14(6)27)35-18-10(2)19(31-13(5)26)21(23)33-16(18)8-30-12(4)25/h11-12,19-26H,9-10H2,1-8H3;8,12-13,18-25,30H,1,9-11H2,2-7H3;9-10,15-22,28H,7-8H2,1-6H3/t11-,12-,19?,20-,21-,22-,23?,24-,25+,26?;12-,13-,18?,19-,20-,21-,22-,23?,24+,25?;9-,10-,15?,16-,17-,18-,19?,20-,21+,22?/m000/s1. The zero-order chi connectivity index (χ0) is 86.0. The largest absolute Gasteiger partial charge is 0.463 e. The Morgan fingerprint density at radius 3 is 0.807 bits per heavy atom. The molecule has 30 atom stereocenters. The minimum absolute atomic E-state index is 0.0917. The van der Waals surface area contributed by atoms with Gasteiger partial charge in [-0.15, -0.1) is 6.58 Å². The molecule has 0 aromatic rings. The molecule has 0 radical (unpaired) electrons. The Kier molecular flexibility index (Phi) is 40.6. The fraction of sp³-hybridized carbons (Fsp3) is 0.781.